The summed E-state index contributed by atoms with van der Waals surface area (Å²) in [5, 5.41) is 5.65. The summed E-state index contributed by atoms with van der Waals surface area (Å²) < 4.78 is 7.05. The van der Waals surface area contributed by atoms with E-state index in [1.165, 1.54) is 35.2 Å². The maximum atomic E-state index is 12.5. The van der Waals surface area contributed by atoms with Crippen LogP contribution in [0.25, 0.3) is 10.2 Å². The summed E-state index contributed by atoms with van der Waals surface area (Å²) in [6, 6.07) is 1.79. The lowest BCUT2D eigenvalue weighted by molar-refractivity contribution is -0.122. The van der Waals surface area contributed by atoms with E-state index in [-0.39, 0.29) is 23.4 Å². The molecular formula is C20H28N4O3S. The normalized spacial score (nSPS) is 20.3. The lowest BCUT2D eigenvalue weighted by Crippen LogP contribution is -2.59. The van der Waals surface area contributed by atoms with E-state index in [0.29, 0.717) is 18.5 Å². The third kappa shape index (κ3) is 4.14. The van der Waals surface area contributed by atoms with Crippen LogP contribution in [0.2, 0.25) is 0 Å². The zero-order valence-electron chi connectivity index (χ0n) is 16.2. The van der Waals surface area contributed by atoms with Crippen molar-refractivity contribution in [3.63, 3.8) is 0 Å². The highest BCUT2D eigenvalue weighted by Crippen LogP contribution is 2.33. The van der Waals surface area contributed by atoms with Gasteiger partial charge in [-0.1, -0.05) is 19.3 Å². The standard InChI is InChI=1S/C20H28N4O3S/c25-17(4-8-23-15-22-18-16(19(23)26)5-13-28-18)21-14-20(6-2-1-3-7-20)24-9-11-27-12-10-24/h5,13,15H,1-4,6-12,14H2,(H,21,25). The summed E-state index contributed by atoms with van der Waals surface area (Å²) in [6.07, 6.45) is 7.81. The minimum absolute atomic E-state index is 0.00414. The first-order valence-electron chi connectivity index (χ1n) is 10.2. The smallest absolute Gasteiger partial charge is 0.262 e. The summed E-state index contributed by atoms with van der Waals surface area (Å²) in [5.74, 6) is -0.00414. The van der Waals surface area contributed by atoms with Gasteiger partial charge in [0, 0.05) is 38.1 Å². The van der Waals surface area contributed by atoms with Gasteiger partial charge in [0.15, 0.2) is 0 Å². The first-order chi connectivity index (χ1) is 13.7. The number of ether oxygens (including phenoxy) is 1. The number of nitrogens with one attached hydrogen (secondary N) is 1. The molecule has 4 rings (SSSR count). The van der Waals surface area contributed by atoms with E-state index in [9.17, 15) is 9.59 Å². The Morgan fingerprint density at radius 3 is 2.82 bits per heavy atom. The maximum absolute atomic E-state index is 12.5. The van der Waals surface area contributed by atoms with Gasteiger partial charge in [-0.3, -0.25) is 19.1 Å². The number of hydrogen-bond donors (Lipinski definition) is 1. The van der Waals surface area contributed by atoms with E-state index >= 15 is 0 Å². The Kier molecular flexibility index (Phi) is 6.08. The second-order valence-corrected chi connectivity index (χ2v) is 8.69. The Labute approximate surface area is 168 Å². The SMILES string of the molecule is O=C(CCn1cnc2sccc2c1=O)NCC1(N2CCOCC2)CCCCC1. The van der Waals surface area contributed by atoms with Crippen molar-refractivity contribution in [1.29, 1.82) is 0 Å². The van der Waals surface area contributed by atoms with E-state index in [2.05, 4.69) is 15.2 Å². The number of morpholine rings is 1. The Bertz CT molecular complexity index is 866. The van der Waals surface area contributed by atoms with Gasteiger partial charge in [0.2, 0.25) is 5.91 Å². The summed E-state index contributed by atoms with van der Waals surface area (Å²) in [5.41, 5.74) is -0.0119. The molecule has 28 heavy (non-hydrogen) atoms. The molecular weight excluding hydrogens is 376 g/mol. The minimum Gasteiger partial charge on any atom is -0.379 e. The summed E-state index contributed by atoms with van der Waals surface area (Å²) >= 11 is 1.45. The van der Waals surface area contributed by atoms with Gasteiger partial charge in [0.05, 0.1) is 24.9 Å². The van der Waals surface area contributed by atoms with Crippen LogP contribution in [0.5, 0.6) is 0 Å². The monoisotopic (exact) mass is 404 g/mol. The zero-order valence-corrected chi connectivity index (χ0v) is 17.0. The van der Waals surface area contributed by atoms with Crippen LogP contribution >= 0.6 is 11.3 Å². The molecule has 3 heterocycles. The molecule has 2 aromatic rings. The van der Waals surface area contributed by atoms with Crippen molar-refractivity contribution in [2.24, 2.45) is 0 Å². The highest BCUT2D eigenvalue weighted by atomic mass is 32.1. The number of aryl methyl sites for hydroxylation is 1. The van der Waals surface area contributed by atoms with Gasteiger partial charge in [-0.2, -0.15) is 0 Å². The molecule has 1 amide bonds. The largest absolute Gasteiger partial charge is 0.379 e. The highest BCUT2D eigenvalue weighted by Gasteiger charge is 2.38. The number of thiophene rings is 1. The Morgan fingerprint density at radius 2 is 2.04 bits per heavy atom. The Morgan fingerprint density at radius 1 is 1.25 bits per heavy atom. The molecule has 2 fully saturated rings. The van der Waals surface area contributed by atoms with Crippen LogP contribution < -0.4 is 10.9 Å². The van der Waals surface area contributed by atoms with Crippen LogP contribution in [0, 0.1) is 0 Å². The fourth-order valence-corrected chi connectivity index (χ4v) is 5.20. The third-order valence-corrected chi connectivity index (χ3v) is 6.93. The molecule has 8 heteroatoms. The Hall–Kier alpha value is -1.77. The molecule has 1 saturated carbocycles. The van der Waals surface area contributed by atoms with Gasteiger partial charge >= 0.3 is 0 Å². The van der Waals surface area contributed by atoms with E-state index in [4.69, 9.17) is 4.74 Å². The molecule has 0 unspecified atom stereocenters. The van der Waals surface area contributed by atoms with Crippen molar-refractivity contribution in [2.45, 2.75) is 50.6 Å². The Balaban J connectivity index is 1.35. The average Bonchev–Trinajstić information content (AvgIpc) is 3.23. The molecule has 7 nitrogen and oxygen atoms in total. The molecule has 152 valence electrons. The van der Waals surface area contributed by atoms with Crippen molar-refractivity contribution < 1.29 is 9.53 Å². The number of rotatable bonds is 6. The molecule has 2 aliphatic rings. The van der Waals surface area contributed by atoms with E-state index in [0.717, 1.165) is 44.0 Å². The number of amides is 1. The van der Waals surface area contributed by atoms with E-state index < -0.39 is 0 Å². The lowest BCUT2D eigenvalue weighted by atomic mass is 9.79. The molecule has 1 aliphatic carbocycles. The summed E-state index contributed by atoms with van der Waals surface area (Å²) in [4.78, 5) is 32.5. The third-order valence-electron chi connectivity index (χ3n) is 6.11. The molecule has 0 bridgehead atoms. The molecule has 1 N–H and O–H groups in total. The van der Waals surface area contributed by atoms with Gasteiger partial charge in [-0.15, -0.1) is 11.3 Å². The number of aromatic nitrogens is 2. The second-order valence-electron chi connectivity index (χ2n) is 7.79. The summed E-state index contributed by atoms with van der Waals surface area (Å²) in [6.45, 7) is 4.47. The molecule has 1 aliphatic heterocycles. The van der Waals surface area contributed by atoms with Crippen molar-refractivity contribution in [2.75, 3.05) is 32.8 Å². The number of carbonyl (C=O) groups excluding carboxylic acids is 1. The molecule has 0 aromatic carbocycles. The lowest BCUT2D eigenvalue weighted by Gasteiger charge is -2.48. The number of nitrogens with zero attached hydrogens (tertiary/aromatic N) is 3. The van der Waals surface area contributed by atoms with Gasteiger partial charge in [-0.25, -0.2) is 4.98 Å². The topological polar surface area (TPSA) is 76.5 Å². The van der Waals surface area contributed by atoms with Gasteiger partial charge < -0.3 is 10.1 Å². The van der Waals surface area contributed by atoms with Gasteiger partial charge in [0.25, 0.3) is 5.56 Å². The zero-order chi connectivity index (χ0) is 19.4. The number of fused-ring (bicyclic) bond motifs is 1. The van der Waals surface area contributed by atoms with Crippen molar-refractivity contribution in [3.8, 4) is 0 Å². The van der Waals surface area contributed by atoms with Crippen LogP contribution in [0.4, 0.5) is 0 Å². The van der Waals surface area contributed by atoms with Crippen molar-refractivity contribution >= 4 is 27.5 Å². The van der Waals surface area contributed by atoms with Crippen LogP contribution in [0.15, 0.2) is 22.6 Å². The van der Waals surface area contributed by atoms with E-state index in [1.54, 1.807) is 12.4 Å². The minimum atomic E-state index is -0.0730. The number of carbonyl (C=O) groups is 1. The van der Waals surface area contributed by atoms with Crippen LogP contribution in [-0.2, 0) is 16.1 Å². The predicted molar refractivity (Wildman–Crippen MR) is 110 cm³/mol. The molecule has 0 spiro atoms. The average molecular weight is 405 g/mol. The van der Waals surface area contributed by atoms with Crippen LogP contribution in [0.3, 0.4) is 0 Å². The first-order valence-corrected chi connectivity index (χ1v) is 11.1. The molecule has 0 atom stereocenters. The fourth-order valence-electron chi connectivity index (χ4n) is 4.48. The fraction of sp³-hybridized carbons (Fsp3) is 0.650. The molecule has 1 saturated heterocycles. The second kappa shape index (κ2) is 8.71. The molecule has 0 radical (unpaired) electrons. The van der Waals surface area contributed by atoms with Crippen molar-refractivity contribution in [3.05, 3.63) is 28.1 Å². The first kappa shape index (κ1) is 19.5. The summed E-state index contributed by atoms with van der Waals surface area (Å²) in [7, 11) is 0. The molecule has 2 aromatic heterocycles. The van der Waals surface area contributed by atoms with Crippen molar-refractivity contribution in [1.82, 2.24) is 19.8 Å². The predicted octanol–water partition coefficient (Wildman–Crippen LogP) is 2.00. The van der Waals surface area contributed by atoms with Crippen LogP contribution in [0.1, 0.15) is 38.5 Å². The number of hydrogen-bond acceptors (Lipinski definition) is 6. The van der Waals surface area contributed by atoms with Crippen LogP contribution in [-0.4, -0.2) is 58.7 Å². The van der Waals surface area contributed by atoms with Gasteiger partial charge in [0.1, 0.15) is 4.83 Å². The van der Waals surface area contributed by atoms with E-state index in [1.807, 2.05) is 5.38 Å². The maximum Gasteiger partial charge on any atom is 0.262 e. The van der Waals surface area contributed by atoms with Gasteiger partial charge in [-0.05, 0) is 24.3 Å². The quantitative estimate of drug-likeness (QED) is 0.797. The highest BCUT2D eigenvalue weighted by molar-refractivity contribution is 7.16.